The first-order chi connectivity index (χ1) is 9.15. The first kappa shape index (κ1) is 11.8. The first-order valence-corrected chi connectivity index (χ1v) is 6.16. The Hall–Kier alpha value is -2.31. The summed E-state index contributed by atoms with van der Waals surface area (Å²) in [7, 11) is 1.89. The SMILES string of the molecule is Cc1cnc(C)n2nc(CCc3ncnn3C)nc12. The van der Waals surface area contributed by atoms with Crippen molar-refractivity contribution in [2.24, 2.45) is 7.05 Å². The predicted octanol–water partition coefficient (Wildman–Crippen LogP) is 0.655. The van der Waals surface area contributed by atoms with Crippen LogP contribution in [0.1, 0.15) is 23.0 Å². The van der Waals surface area contributed by atoms with E-state index in [-0.39, 0.29) is 0 Å². The summed E-state index contributed by atoms with van der Waals surface area (Å²) in [5.41, 5.74) is 1.91. The lowest BCUT2D eigenvalue weighted by atomic mass is 10.3. The normalized spacial score (nSPS) is 11.3. The standard InChI is InChI=1S/C12H15N7/c1-8-6-13-9(2)19-12(8)16-10(17-19)4-5-11-14-7-15-18(11)3/h6-7H,4-5H2,1-3H3. The molecule has 0 N–H and O–H groups in total. The molecule has 3 rings (SSSR count). The van der Waals surface area contributed by atoms with Gasteiger partial charge in [-0.25, -0.2) is 15.0 Å². The molecule has 0 bridgehead atoms. The van der Waals surface area contributed by atoms with Crippen LogP contribution in [0.15, 0.2) is 12.5 Å². The minimum atomic E-state index is 0.743. The van der Waals surface area contributed by atoms with E-state index in [2.05, 4.69) is 25.1 Å². The van der Waals surface area contributed by atoms with Gasteiger partial charge in [0.2, 0.25) is 0 Å². The fraction of sp³-hybridized carbons (Fsp3) is 0.417. The van der Waals surface area contributed by atoms with Gasteiger partial charge < -0.3 is 0 Å². The number of aromatic nitrogens is 7. The lowest BCUT2D eigenvalue weighted by Gasteiger charge is -1.97. The van der Waals surface area contributed by atoms with E-state index in [4.69, 9.17) is 0 Å². The van der Waals surface area contributed by atoms with Crippen LogP contribution in [0.5, 0.6) is 0 Å². The summed E-state index contributed by atoms with van der Waals surface area (Å²) in [6, 6.07) is 0. The van der Waals surface area contributed by atoms with E-state index in [1.807, 2.05) is 27.1 Å². The fourth-order valence-corrected chi connectivity index (χ4v) is 2.01. The van der Waals surface area contributed by atoms with Crippen molar-refractivity contribution in [3.05, 3.63) is 35.6 Å². The zero-order chi connectivity index (χ0) is 13.4. The molecule has 0 spiro atoms. The molecule has 0 saturated carbocycles. The Morgan fingerprint density at radius 3 is 2.68 bits per heavy atom. The molecule has 19 heavy (non-hydrogen) atoms. The molecule has 0 atom stereocenters. The zero-order valence-electron chi connectivity index (χ0n) is 11.2. The topological polar surface area (TPSA) is 73.8 Å². The number of nitrogens with zero attached hydrogens (tertiary/aromatic N) is 7. The van der Waals surface area contributed by atoms with Crippen LogP contribution in [-0.2, 0) is 19.9 Å². The Balaban J connectivity index is 1.88. The Morgan fingerprint density at radius 2 is 2.00 bits per heavy atom. The van der Waals surface area contributed by atoms with Crippen molar-refractivity contribution in [1.29, 1.82) is 0 Å². The zero-order valence-corrected chi connectivity index (χ0v) is 11.2. The van der Waals surface area contributed by atoms with Crippen LogP contribution in [0.25, 0.3) is 5.65 Å². The molecule has 3 heterocycles. The monoisotopic (exact) mass is 257 g/mol. The average molecular weight is 257 g/mol. The molecule has 0 aliphatic rings. The van der Waals surface area contributed by atoms with Gasteiger partial charge in [0.15, 0.2) is 11.5 Å². The van der Waals surface area contributed by atoms with Gasteiger partial charge in [-0.3, -0.25) is 4.68 Å². The third kappa shape index (κ3) is 2.07. The summed E-state index contributed by atoms with van der Waals surface area (Å²) < 4.78 is 3.56. The second kappa shape index (κ2) is 4.42. The highest BCUT2D eigenvalue weighted by atomic mass is 15.3. The van der Waals surface area contributed by atoms with Crippen LogP contribution < -0.4 is 0 Å². The molecule has 0 aromatic carbocycles. The highest BCUT2D eigenvalue weighted by Gasteiger charge is 2.10. The van der Waals surface area contributed by atoms with Gasteiger partial charge in [-0.15, -0.1) is 5.10 Å². The third-order valence-electron chi connectivity index (χ3n) is 3.13. The molecule has 0 aliphatic heterocycles. The Bertz CT molecular complexity index is 686. The number of rotatable bonds is 3. The second-order valence-corrected chi connectivity index (χ2v) is 4.55. The summed E-state index contributed by atoms with van der Waals surface area (Å²) in [4.78, 5) is 13.0. The van der Waals surface area contributed by atoms with Crippen molar-refractivity contribution in [1.82, 2.24) is 34.3 Å². The second-order valence-electron chi connectivity index (χ2n) is 4.55. The molecule has 0 aliphatic carbocycles. The maximum Gasteiger partial charge on any atom is 0.162 e. The molecular formula is C12H15N7. The molecule has 7 heteroatoms. The van der Waals surface area contributed by atoms with E-state index in [0.29, 0.717) is 0 Å². The average Bonchev–Trinajstić information content (AvgIpc) is 2.98. The Labute approximate surface area is 110 Å². The van der Waals surface area contributed by atoms with Crippen molar-refractivity contribution >= 4 is 5.65 Å². The first-order valence-electron chi connectivity index (χ1n) is 6.16. The molecule has 0 radical (unpaired) electrons. The largest absolute Gasteiger partial charge is 0.253 e. The van der Waals surface area contributed by atoms with Crippen LogP contribution in [0.2, 0.25) is 0 Å². The van der Waals surface area contributed by atoms with Crippen molar-refractivity contribution < 1.29 is 0 Å². The van der Waals surface area contributed by atoms with Crippen LogP contribution in [0.4, 0.5) is 0 Å². The Morgan fingerprint density at radius 1 is 1.16 bits per heavy atom. The van der Waals surface area contributed by atoms with E-state index < -0.39 is 0 Å². The van der Waals surface area contributed by atoms with E-state index in [1.54, 1.807) is 15.5 Å². The molecule has 0 amide bonds. The van der Waals surface area contributed by atoms with Gasteiger partial charge in [0.05, 0.1) is 0 Å². The summed E-state index contributed by atoms with van der Waals surface area (Å²) in [6.07, 6.45) is 4.91. The van der Waals surface area contributed by atoms with Gasteiger partial charge in [0.25, 0.3) is 0 Å². The minimum Gasteiger partial charge on any atom is -0.253 e. The number of hydrogen-bond acceptors (Lipinski definition) is 5. The van der Waals surface area contributed by atoms with Crippen LogP contribution >= 0.6 is 0 Å². The molecule has 3 aromatic rings. The van der Waals surface area contributed by atoms with E-state index in [0.717, 1.165) is 41.5 Å². The highest BCUT2D eigenvalue weighted by Crippen LogP contribution is 2.09. The summed E-state index contributed by atoms with van der Waals surface area (Å²) in [6.45, 7) is 3.91. The summed E-state index contributed by atoms with van der Waals surface area (Å²) in [5, 5.41) is 8.54. The fourth-order valence-electron chi connectivity index (χ4n) is 2.01. The number of aryl methyl sites for hydroxylation is 5. The molecule has 0 saturated heterocycles. The van der Waals surface area contributed by atoms with Gasteiger partial charge >= 0.3 is 0 Å². The third-order valence-corrected chi connectivity index (χ3v) is 3.13. The van der Waals surface area contributed by atoms with Crippen molar-refractivity contribution in [2.75, 3.05) is 0 Å². The molecule has 0 fully saturated rings. The molecule has 7 nitrogen and oxygen atoms in total. The molecule has 3 aromatic heterocycles. The predicted molar refractivity (Wildman–Crippen MR) is 68.7 cm³/mol. The van der Waals surface area contributed by atoms with E-state index in [9.17, 15) is 0 Å². The molecule has 98 valence electrons. The lowest BCUT2D eigenvalue weighted by molar-refractivity contribution is 0.682. The smallest absolute Gasteiger partial charge is 0.162 e. The summed E-state index contributed by atoms with van der Waals surface area (Å²) >= 11 is 0. The Kier molecular flexibility index (Phi) is 2.73. The van der Waals surface area contributed by atoms with Crippen LogP contribution in [0.3, 0.4) is 0 Å². The maximum atomic E-state index is 4.56. The maximum absolute atomic E-state index is 4.56. The van der Waals surface area contributed by atoms with Gasteiger partial charge in [0.1, 0.15) is 18.0 Å². The minimum absolute atomic E-state index is 0.743. The van der Waals surface area contributed by atoms with Gasteiger partial charge in [0, 0.05) is 31.6 Å². The number of fused-ring (bicyclic) bond motifs is 1. The van der Waals surface area contributed by atoms with E-state index in [1.165, 1.54) is 0 Å². The van der Waals surface area contributed by atoms with Crippen LogP contribution in [0, 0.1) is 13.8 Å². The van der Waals surface area contributed by atoms with Gasteiger partial charge in [-0.2, -0.15) is 9.61 Å². The van der Waals surface area contributed by atoms with Crippen molar-refractivity contribution in [3.8, 4) is 0 Å². The van der Waals surface area contributed by atoms with Gasteiger partial charge in [-0.1, -0.05) is 0 Å². The number of hydrogen-bond donors (Lipinski definition) is 0. The highest BCUT2D eigenvalue weighted by molar-refractivity contribution is 5.45. The molecular weight excluding hydrogens is 242 g/mol. The van der Waals surface area contributed by atoms with Crippen LogP contribution in [-0.4, -0.2) is 34.3 Å². The quantitative estimate of drug-likeness (QED) is 0.689. The van der Waals surface area contributed by atoms with Gasteiger partial charge in [-0.05, 0) is 13.8 Å². The van der Waals surface area contributed by atoms with Crippen molar-refractivity contribution in [3.63, 3.8) is 0 Å². The van der Waals surface area contributed by atoms with Crippen molar-refractivity contribution in [2.45, 2.75) is 26.7 Å². The summed E-state index contributed by atoms with van der Waals surface area (Å²) in [5.74, 6) is 2.59. The lowest BCUT2D eigenvalue weighted by Crippen LogP contribution is -2.03. The van der Waals surface area contributed by atoms with E-state index >= 15 is 0 Å². The molecule has 0 unspecified atom stereocenters.